The largest absolute Gasteiger partial charge is 0.454 e. The summed E-state index contributed by atoms with van der Waals surface area (Å²) in [4.78, 5) is 18.3. The van der Waals surface area contributed by atoms with E-state index >= 15 is 0 Å². The van der Waals surface area contributed by atoms with E-state index in [2.05, 4.69) is 10.1 Å². The van der Waals surface area contributed by atoms with E-state index in [9.17, 15) is 4.79 Å². The van der Waals surface area contributed by atoms with Crippen molar-refractivity contribution in [1.29, 1.82) is 0 Å². The molecule has 1 aromatic heterocycles. The van der Waals surface area contributed by atoms with Gasteiger partial charge in [0, 0.05) is 20.0 Å². The van der Waals surface area contributed by atoms with Crippen LogP contribution in [0.1, 0.15) is 22.8 Å². The molecule has 0 atom stereocenters. The Morgan fingerprint density at radius 1 is 1.27 bits per heavy atom. The van der Waals surface area contributed by atoms with Crippen LogP contribution in [0.4, 0.5) is 0 Å². The molecule has 0 radical (unpaired) electrons. The van der Waals surface area contributed by atoms with E-state index in [-0.39, 0.29) is 19.1 Å². The van der Waals surface area contributed by atoms with E-state index in [1.54, 1.807) is 6.92 Å². The summed E-state index contributed by atoms with van der Waals surface area (Å²) >= 11 is 0. The third kappa shape index (κ3) is 2.28. The first-order valence-electron chi connectivity index (χ1n) is 7.17. The highest BCUT2D eigenvalue weighted by atomic mass is 16.7. The zero-order valence-corrected chi connectivity index (χ0v) is 12.2. The van der Waals surface area contributed by atoms with Gasteiger partial charge in [-0.25, -0.2) is 0 Å². The summed E-state index contributed by atoms with van der Waals surface area (Å²) in [6.07, 6.45) is 0.972. The van der Waals surface area contributed by atoms with Gasteiger partial charge >= 0.3 is 0 Å². The van der Waals surface area contributed by atoms with Gasteiger partial charge in [0.1, 0.15) is 0 Å². The van der Waals surface area contributed by atoms with Crippen LogP contribution in [0.2, 0.25) is 0 Å². The van der Waals surface area contributed by atoms with Crippen molar-refractivity contribution < 1.29 is 18.8 Å². The van der Waals surface area contributed by atoms with Gasteiger partial charge in [0.15, 0.2) is 17.3 Å². The second-order valence-corrected chi connectivity index (χ2v) is 5.45. The lowest BCUT2D eigenvalue weighted by molar-refractivity contribution is -0.131. The molecule has 1 aromatic carbocycles. The van der Waals surface area contributed by atoms with Crippen molar-refractivity contribution in [2.75, 3.05) is 13.3 Å². The van der Waals surface area contributed by atoms with Gasteiger partial charge in [0.2, 0.25) is 18.6 Å². The number of amides is 1. The van der Waals surface area contributed by atoms with Gasteiger partial charge in [0.05, 0.1) is 6.42 Å². The average Bonchev–Trinajstić information content (AvgIpc) is 3.12. The number of aryl methyl sites for hydroxylation is 1. The molecule has 22 heavy (non-hydrogen) atoms. The lowest BCUT2D eigenvalue weighted by Crippen LogP contribution is -2.37. The Morgan fingerprint density at radius 3 is 2.77 bits per heavy atom. The number of benzene rings is 1. The molecule has 0 aliphatic carbocycles. The number of aromatic nitrogens is 2. The molecular weight excluding hydrogens is 286 g/mol. The minimum Gasteiger partial charge on any atom is -0.454 e. The third-order valence-electron chi connectivity index (χ3n) is 3.94. The summed E-state index contributed by atoms with van der Waals surface area (Å²) in [7, 11) is 0. The smallest absolute Gasteiger partial charge is 0.231 e. The minimum atomic E-state index is 0.00381. The van der Waals surface area contributed by atoms with Crippen molar-refractivity contribution in [2.24, 2.45) is 0 Å². The van der Waals surface area contributed by atoms with E-state index in [0.29, 0.717) is 24.8 Å². The van der Waals surface area contributed by atoms with E-state index < -0.39 is 0 Å². The summed E-state index contributed by atoms with van der Waals surface area (Å²) in [5, 5.41) is 3.77. The van der Waals surface area contributed by atoms with Crippen LogP contribution in [0.5, 0.6) is 11.5 Å². The first-order chi connectivity index (χ1) is 10.7. The Balaban J connectivity index is 1.50. The lowest BCUT2D eigenvalue weighted by Gasteiger charge is -2.28. The van der Waals surface area contributed by atoms with Gasteiger partial charge in [0.25, 0.3) is 0 Å². The number of hydrogen-bond donors (Lipinski definition) is 0. The summed E-state index contributed by atoms with van der Waals surface area (Å²) in [5.74, 6) is 2.45. The fourth-order valence-corrected chi connectivity index (χ4v) is 2.82. The molecule has 7 nitrogen and oxygen atoms in total. The maximum Gasteiger partial charge on any atom is 0.231 e. The van der Waals surface area contributed by atoms with Crippen LogP contribution < -0.4 is 9.47 Å². The highest BCUT2D eigenvalue weighted by molar-refractivity contribution is 5.78. The van der Waals surface area contributed by atoms with Crippen molar-refractivity contribution in [3.63, 3.8) is 0 Å². The van der Waals surface area contributed by atoms with Crippen molar-refractivity contribution in [3.05, 3.63) is 35.0 Å². The summed E-state index contributed by atoms with van der Waals surface area (Å²) in [6, 6.07) is 3.98. The molecule has 4 rings (SSSR count). The Kier molecular flexibility index (Phi) is 2.99. The molecule has 0 unspecified atom stereocenters. The molecule has 2 aromatic rings. The van der Waals surface area contributed by atoms with Gasteiger partial charge in [-0.1, -0.05) is 5.16 Å². The first-order valence-corrected chi connectivity index (χ1v) is 7.17. The van der Waals surface area contributed by atoms with Gasteiger partial charge in [-0.2, -0.15) is 4.98 Å². The number of carbonyl (C=O) groups excluding carboxylic acids is 1. The molecule has 2 aliphatic heterocycles. The SMILES string of the molecule is Cc1nc(CC(=O)N2CCc3cc4c(cc3C2)OCO4)no1. The van der Waals surface area contributed by atoms with Crippen LogP contribution >= 0.6 is 0 Å². The van der Waals surface area contributed by atoms with E-state index in [1.165, 1.54) is 5.56 Å². The number of fused-ring (bicyclic) bond motifs is 2. The third-order valence-corrected chi connectivity index (χ3v) is 3.94. The number of rotatable bonds is 2. The molecule has 114 valence electrons. The quantitative estimate of drug-likeness (QED) is 0.830. The van der Waals surface area contributed by atoms with Gasteiger partial charge < -0.3 is 18.9 Å². The molecule has 0 spiro atoms. The summed E-state index contributed by atoms with van der Waals surface area (Å²) < 4.78 is 15.7. The van der Waals surface area contributed by atoms with Gasteiger partial charge in [-0.05, 0) is 29.7 Å². The van der Waals surface area contributed by atoms with Crippen molar-refractivity contribution in [1.82, 2.24) is 15.0 Å². The first kappa shape index (κ1) is 13.1. The fraction of sp³-hybridized carbons (Fsp3) is 0.400. The molecule has 7 heteroatoms. The van der Waals surface area contributed by atoms with Crippen molar-refractivity contribution in [2.45, 2.75) is 26.3 Å². The second kappa shape index (κ2) is 5.01. The number of nitrogens with zero attached hydrogens (tertiary/aromatic N) is 3. The molecule has 2 aliphatic rings. The Morgan fingerprint density at radius 2 is 2.05 bits per heavy atom. The zero-order valence-electron chi connectivity index (χ0n) is 12.2. The van der Waals surface area contributed by atoms with Crippen LogP contribution in [0.15, 0.2) is 16.7 Å². The Hall–Kier alpha value is -2.57. The van der Waals surface area contributed by atoms with Gasteiger partial charge in [-0.3, -0.25) is 4.79 Å². The van der Waals surface area contributed by atoms with Crippen molar-refractivity contribution >= 4 is 5.91 Å². The van der Waals surface area contributed by atoms with E-state index in [4.69, 9.17) is 14.0 Å². The zero-order chi connectivity index (χ0) is 15.1. The average molecular weight is 301 g/mol. The molecular formula is C15H15N3O4. The van der Waals surface area contributed by atoms with Crippen LogP contribution in [0.3, 0.4) is 0 Å². The summed E-state index contributed by atoms with van der Waals surface area (Å²) in [6.45, 7) is 3.22. The fourth-order valence-electron chi connectivity index (χ4n) is 2.82. The topological polar surface area (TPSA) is 77.7 Å². The van der Waals surface area contributed by atoms with Crippen LogP contribution in [0.25, 0.3) is 0 Å². The predicted molar refractivity (Wildman–Crippen MR) is 74.4 cm³/mol. The highest BCUT2D eigenvalue weighted by Crippen LogP contribution is 2.36. The number of hydrogen-bond acceptors (Lipinski definition) is 6. The number of ether oxygens (including phenoxy) is 2. The minimum absolute atomic E-state index is 0.00381. The highest BCUT2D eigenvalue weighted by Gasteiger charge is 2.25. The predicted octanol–water partition coefficient (Wildman–Crippen LogP) is 1.23. The molecule has 0 fully saturated rings. The van der Waals surface area contributed by atoms with Crippen LogP contribution in [0, 0.1) is 6.92 Å². The maximum atomic E-state index is 12.4. The Bertz CT molecular complexity index is 740. The number of carbonyl (C=O) groups is 1. The summed E-state index contributed by atoms with van der Waals surface area (Å²) in [5.41, 5.74) is 2.32. The van der Waals surface area contributed by atoms with Crippen LogP contribution in [-0.2, 0) is 24.2 Å². The van der Waals surface area contributed by atoms with Crippen LogP contribution in [-0.4, -0.2) is 34.3 Å². The normalized spacial score (nSPS) is 15.8. The van der Waals surface area contributed by atoms with E-state index in [1.807, 2.05) is 17.0 Å². The van der Waals surface area contributed by atoms with Gasteiger partial charge in [-0.15, -0.1) is 0 Å². The molecule has 0 saturated heterocycles. The standard InChI is InChI=1S/C15H15N3O4/c1-9-16-14(17-22-9)6-15(19)18-3-2-10-4-12-13(21-8-20-12)5-11(10)7-18/h4-5H,2-3,6-8H2,1H3. The molecule has 0 bridgehead atoms. The molecule has 1 amide bonds. The maximum absolute atomic E-state index is 12.4. The molecule has 0 N–H and O–H groups in total. The monoisotopic (exact) mass is 301 g/mol. The Labute approximate surface area is 126 Å². The van der Waals surface area contributed by atoms with Crippen molar-refractivity contribution in [3.8, 4) is 11.5 Å². The molecule has 3 heterocycles. The molecule has 0 saturated carbocycles. The van der Waals surface area contributed by atoms with E-state index in [0.717, 1.165) is 23.5 Å². The second-order valence-electron chi connectivity index (χ2n) is 5.45. The lowest BCUT2D eigenvalue weighted by atomic mass is 9.98.